The Balaban J connectivity index is 2.02. The number of amides is 1. The van der Waals surface area contributed by atoms with Gasteiger partial charge in [-0.05, 0) is 27.6 Å². The van der Waals surface area contributed by atoms with Crippen LogP contribution in [0.15, 0.2) is 46.9 Å². The molecule has 1 amide bonds. The Labute approximate surface area is 131 Å². The van der Waals surface area contributed by atoms with Crippen LogP contribution in [0.3, 0.4) is 0 Å². The molecule has 3 rings (SSSR count). The first kappa shape index (κ1) is 13.9. The number of rotatable bonds is 3. The highest BCUT2D eigenvalue weighted by molar-refractivity contribution is 9.10. The molecule has 0 unspecified atom stereocenters. The van der Waals surface area contributed by atoms with E-state index < -0.39 is 0 Å². The van der Waals surface area contributed by atoms with Crippen molar-refractivity contribution in [2.75, 3.05) is 18.6 Å². The summed E-state index contributed by atoms with van der Waals surface area (Å²) in [4.78, 5) is 13.9. The first-order valence-electron chi connectivity index (χ1n) is 6.53. The second-order valence-corrected chi connectivity index (χ2v) is 5.57. The van der Waals surface area contributed by atoms with Crippen molar-refractivity contribution in [1.82, 2.24) is 0 Å². The smallest absolute Gasteiger partial charge is 0.265 e. The molecule has 108 valence electrons. The second kappa shape index (κ2) is 5.77. The van der Waals surface area contributed by atoms with Crippen molar-refractivity contribution in [1.29, 1.82) is 0 Å². The summed E-state index contributed by atoms with van der Waals surface area (Å²) in [6.07, 6.45) is 0. The molecule has 5 heteroatoms. The third-order valence-corrected chi connectivity index (χ3v) is 3.94. The van der Waals surface area contributed by atoms with E-state index in [9.17, 15) is 4.79 Å². The Morgan fingerprint density at radius 3 is 2.76 bits per heavy atom. The lowest BCUT2D eigenvalue weighted by atomic mass is 10.1. The van der Waals surface area contributed by atoms with E-state index in [4.69, 9.17) is 9.47 Å². The van der Waals surface area contributed by atoms with Crippen LogP contribution >= 0.6 is 15.9 Å². The average molecular weight is 348 g/mol. The molecule has 0 saturated heterocycles. The minimum absolute atomic E-state index is 0.0464. The van der Waals surface area contributed by atoms with Gasteiger partial charge in [-0.2, -0.15) is 0 Å². The molecule has 0 aliphatic carbocycles. The van der Waals surface area contributed by atoms with Crippen LogP contribution in [0.5, 0.6) is 11.5 Å². The van der Waals surface area contributed by atoms with Gasteiger partial charge in [-0.15, -0.1) is 0 Å². The van der Waals surface area contributed by atoms with Gasteiger partial charge < -0.3 is 14.4 Å². The first-order chi connectivity index (χ1) is 10.2. The van der Waals surface area contributed by atoms with Gasteiger partial charge in [0, 0.05) is 6.07 Å². The Hall–Kier alpha value is -2.01. The molecular weight excluding hydrogens is 334 g/mol. The summed E-state index contributed by atoms with van der Waals surface area (Å²) >= 11 is 3.46. The van der Waals surface area contributed by atoms with Crippen LogP contribution in [0.4, 0.5) is 5.69 Å². The normalized spacial score (nSPS) is 13.6. The van der Waals surface area contributed by atoms with Crippen molar-refractivity contribution in [3.63, 3.8) is 0 Å². The van der Waals surface area contributed by atoms with Crippen LogP contribution < -0.4 is 14.4 Å². The number of hydrogen-bond donors (Lipinski definition) is 0. The maximum Gasteiger partial charge on any atom is 0.265 e. The van der Waals surface area contributed by atoms with Gasteiger partial charge in [-0.25, -0.2) is 0 Å². The molecular formula is C16H14BrNO3. The van der Waals surface area contributed by atoms with Crippen LogP contribution in [0.2, 0.25) is 0 Å². The maximum atomic E-state index is 12.2. The van der Waals surface area contributed by atoms with E-state index in [2.05, 4.69) is 15.9 Å². The summed E-state index contributed by atoms with van der Waals surface area (Å²) in [5.74, 6) is 1.29. The molecule has 0 bridgehead atoms. The van der Waals surface area contributed by atoms with Gasteiger partial charge in [0.25, 0.3) is 5.91 Å². The van der Waals surface area contributed by atoms with E-state index in [1.165, 1.54) is 0 Å². The molecule has 1 aliphatic rings. The van der Waals surface area contributed by atoms with Crippen LogP contribution in [-0.2, 0) is 11.3 Å². The van der Waals surface area contributed by atoms with Crippen molar-refractivity contribution in [3.8, 4) is 11.5 Å². The molecule has 0 radical (unpaired) electrons. The highest BCUT2D eigenvalue weighted by Gasteiger charge is 2.28. The van der Waals surface area contributed by atoms with Crippen molar-refractivity contribution < 1.29 is 14.3 Å². The molecule has 1 heterocycles. The van der Waals surface area contributed by atoms with Crippen molar-refractivity contribution in [3.05, 3.63) is 52.5 Å². The molecule has 4 nitrogen and oxygen atoms in total. The van der Waals surface area contributed by atoms with Crippen LogP contribution in [-0.4, -0.2) is 19.6 Å². The Morgan fingerprint density at radius 2 is 2.05 bits per heavy atom. The standard InChI is InChI=1S/C16H14BrNO3/c1-20-12-7-13(17)16-14(8-12)18(15(19)10-21-16)9-11-5-3-2-4-6-11/h2-8H,9-10H2,1H3. The van der Waals surface area contributed by atoms with E-state index in [1.54, 1.807) is 12.0 Å². The van der Waals surface area contributed by atoms with E-state index in [1.807, 2.05) is 42.5 Å². The Kier molecular flexibility index (Phi) is 3.84. The van der Waals surface area contributed by atoms with Gasteiger partial charge in [-0.3, -0.25) is 4.79 Å². The highest BCUT2D eigenvalue weighted by atomic mass is 79.9. The van der Waals surface area contributed by atoms with Crippen molar-refractivity contribution in [2.24, 2.45) is 0 Å². The number of fused-ring (bicyclic) bond motifs is 1. The molecule has 21 heavy (non-hydrogen) atoms. The van der Waals surface area contributed by atoms with Crippen LogP contribution in [0.1, 0.15) is 5.56 Å². The molecule has 0 N–H and O–H groups in total. The van der Waals surface area contributed by atoms with Gasteiger partial charge >= 0.3 is 0 Å². The zero-order chi connectivity index (χ0) is 14.8. The Bertz CT molecular complexity index is 673. The molecule has 2 aromatic carbocycles. The Morgan fingerprint density at radius 1 is 1.29 bits per heavy atom. The second-order valence-electron chi connectivity index (χ2n) is 4.71. The zero-order valence-corrected chi connectivity index (χ0v) is 13.1. The van der Waals surface area contributed by atoms with Gasteiger partial charge in [0.15, 0.2) is 12.4 Å². The van der Waals surface area contributed by atoms with Gasteiger partial charge in [0.2, 0.25) is 0 Å². The lowest BCUT2D eigenvalue weighted by molar-refractivity contribution is -0.121. The molecule has 0 spiro atoms. The van der Waals surface area contributed by atoms with Crippen LogP contribution in [0.25, 0.3) is 0 Å². The lowest BCUT2D eigenvalue weighted by Crippen LogP contribution is -2.38. The van der Waals surface area contributed by atoms with Crippen LogP contribution in [0, 0.1) is 0 Å². The monoisotopic (exact) mass is 347 g/mol. The predicted molar refractivity (Wildman–Crippen MR) is 83.8 cm³/mol. The number of anilines is 1. The summed E-state index contributed by atoms with van der Waals surface area (Å²) in [6, 6.07) is 13.5. The summed E-state index contributed by atoms with van der Waals surface area (Å²) in [7, 11) is 1.60. The molecule has 0 atom stereocenters. The number of carbonyl (C=O) groups excluding carboxylic acids is 1. The van der Waals surface area contributed by atoms with Crippen molar-refractivity contribution in [2.45, 2.75) is 6.54 Å². The molecule has 2 aromatic rings. The topological polar surface area (TPSA) is 38.8 Å². The van der Waals surface area contributed by atoms with E-state index >= 15 is 0 Å². The fourth-order valence-electron chi connectivity index (χ4n) is 2.30. The summed E-state index contributed by atoms with van der Waals surface area (Å²) in [5.41, 5.74) is 1.79. The predicted octanol–water partition coefficient (Wildman–Crippen LogP) is 3.38. The quantitative estimate of drug-likeness (QED) is 0.854. The number of benzene rings is 2. The van der Waals surface area contributed by atoms with Gasteiger partial charge in [0.05, 0.1) is 23.8 Å². The average Bonchev–Trinajstić information content (AvgIpc) is 2.51. The summed E-state index contributed by atoms with van der Waals surface area (Å²) in [6.45, 7) is 0.556. The largest absolute Gasteiger partial charge is 0.497 e. The minimum atomic E-state index is -0.0634. The van der Waals surface area contributed by atoms with E-state index in [0.29, 0.717) is 18.0 Å². The molecule has 0 saturated carbocycles. The molecule has 0 fully saturated rings. The molecule has 0 aromatic heterocycles. The number of carbonyl (C=O) groups is 1. The number of halogens is 1. The first-order valence-corrected chi connectivity index (χ1v) is 7.33. The fraction of sp³-hybridized carbons (Fsp3) is 0.188. The number of hydrogen-bond acceptors (Lipinski definition) is 3. The third kappa shape index (κ3) is 2.74. The van der Waals surface area contributed by atoms with Gasteiger partial charge in [0.1, 0.15) is 5.75 Å². The SMILES string of the molecule is COc1cc(Br)c2c(c1)N(Cc1ccccc1)C(=O)CO2. The fourth-order valence-corrected chi connectivity index (χ4v) is 2.84. The lowest BCUT2D eigenvalue weighted by Gasteiger charge is -2.30. The third-order valence-electron chi connectivity index (χ3n) is 3.35. The highest BCUT2D eigenvalue weighted by Crippen LogP contribution is 2.42. The van der Waals surface area contributed by atoms with E-state index in [-0.39, 0.29) is 12.5 Å². The summed E-state index contributed by atoms with van der Waals surface area (Å²) < 4.78 is 11.6. The zero-order valence-electron chi connectivity index (χ0n) is 11.5. The summed E-state index contributed by atoms with van der Waals surface area (Å²) in [5, 5.41) is 0. The van der Waals surface area contributed by atoms with Crippen molar-refractivity contribution >= 4 is 27.5 Å². The minimum Gasteiger partial charge on any atom is -0.497 e. The van der Waals surface area contributed by atoms with Gasteiger partial charge in [-0.1, -0.05) is 30.3 Å². The van der Waals surface area contributed by atoms with E-state index in [0.717, 1.165) is 15.7 Å². The maximum absolute atomic E-state index is 12.2. The number of ether oxygens (including phenoxy) is 2. The molecule has 1 aliphatic heterocycles. The number of nitrogens with zero attached hydrogens (tertiary/aromatic N) is 1. The number of methoxy groups -OCH3 is 1.